The first-order chi connectivity index (χ1) is 16.6. The highest BCUT2D eigenvalue weighted by Gasteiger charge is 2.35. The molecule has 0 amide bonds. The van der Waals surface area contributed by atoms with Gasteiger partial charge >= 0.3 is 5.97 Å². The van der Waals surface area contributed by atoms with Crippen LogP contribution in [0, 0.1) is 13.8 Å². The van der Waals surface area contributed by atoms with Crippen LogP contribution in [-0.4, -0.2) is 50.8 Å². The van der Waals surface area contributed by atoms with Gasteiger partial charge in [0.05, 0.1) is 28.0 Å². The Bertz CT molecular complexity index is 1470. The maximum absolute atomic E-state index is 13.1. The highest BCUT2D eigenvalue weighted by molar-refractivity contribution is 7.91. The number of carbonyl (C=O) groups is 3. The third-order valence-corrected chi connectivity index (χ3v) is 7.99. The lowest BCUT2D eigenvalue weighted by atomic mass is 10.0. The van der Waals surface area contributed by atoms with Crippen molar-refractivity contribution in [1.29, 1.82) is 0 Å². The number of Topliss-reactive ketones (excluding diaryl/α,β-unsaturated/α-hetero) is 1. The molecule has 8 nitrogen and oxygen atoms in total. The number of hydrogen-bond acceptors (Lipinski definition) is 7. The van der Waals surface area contributed by atoms with E-state index < -0.39 is 28.2 Å². The molecule has 0 spiro atoms. The van der Waals surface area contributed by atoms with Crippen molar-refractivity contribution in [2.45, 2.75) is 36.6 Å². The van der Waals surface area contributed by atoms with Crippen molar-refractivity contribution >= 4 is 27.4 Å². The van der Waals surface area contributed by atoms with Crippen LogP contribution in [0.4, 0.5) is 0 Å². The average molecular weight is 496 g/mol. The smallest absolute Gasteiger partial charge is 0.338 e. The van der Waals surface area contributed by atoms with E-state index in [-0.39, 0.29) is 38.3 Å². The van der Waals surface area contributed by atoms with Crippen LogP contribution in [0.2, 0.25) is 0 Å². The van der Waals surface area contributed by atoms with Gasteiger partial charge in [0, 0.05) is 35.2 Å². The van der Waals surface area contributed by atoms with Gasteiger partial charge in [-0.2, -0.15) is 0 Å². The predicted octanol–water partition coefficient (Wildman–Crippen LogP) is 3.73. The number of hydrogen-bond donors (Lipinski definition) is 0. The van der Waals surface area contributed by atoms with Gasteiger partial charge in [-0.3, -0.25) is 9.59 Å². The second-order valence-corrected chi connectivity index (χ2v) is 10.4. The Morgan fingerprint density at radius 1 is 1.00 bits per heavy atom. The van der Waals surface area contributed by atoms with Gasteiger partial charge in [-0.25, -0.2) is 13.2 Å². The predicted molar refractivity (Wildman–Crippen MR) is 127 cm³/mol. The summed E-state index contributed by atoms with van der Waals surface area (Å²) < 4.78 is 38.5. The number of fused-ring (bicyclic) bond motifs is 2. The Labute approximate surface area is 203 Å². The zero-order chi connectivity index (χ0) is 25.5. The molecule has 1 aromatic heterocycles. The average Bonchev–Trinajstić information content (AvgIpc) is 3.14. The summed E-state index contributed by atoms with van der Waals surface area (Å²) in [5.74, 6) is -1.67. The van der Waals surface area contributed by atoms with Gasteiger partial charge in [0.15, 0.2) is 12.4 Å². The van der Waals surface area contributed by atoms with Gasteiger partial charge in [0.25, 0.3) is 0 Å². The monoisotopic (exact) mass is 495 g/mol. The van der Waals surface area contributed by atoms with Crippen LogP contribution in [-0.2, 0) is 19.3 Å². The zero-order valence-corrected chi connectivity index (χ0v) is 20.6. The molecular formula is C26H25NO7S. The molecule has 2 heterocycles. The lowest BCUT2D eigenvalue weighted by molar-refractivity contribution is 0.0474. The first kappa shape index (κ1) is 24.6. The highest BCUT2D eigenvalue weighted by atomic mass is 32.2. The van der Waals surface area contributed by atoms with Crippen molar-refractivity contribution in [3.63, 3.8) is 0 Å². The number of aromatic nitrogens is 1. The highest BCUT2D eigenvalue weighted by Crippen LogP contribution is 2.35. The molecule has 2 aromatic carbocycles. The van der Waals surface area contributed by atoms with Crippen LogP contribution in [0.3, 0.4) is 0 Å². The standard InChI is InChI=1S/C26H25NO7S/c1-15-11-21(17(3)27(15)16(2)13-33-4)22(28)14-34-26(30)18-9-10-20-24(12-18)35(31,32)23-8-6-5-7-19(23)25(20)29/h5-12,16H,13-14H2,1-4H3/t16-/m0/s1. The van der Waals surface area contributed by atoms with Crippen molar-refractivity contribution in [2.75, 3.05) is 20.3 Å². The first-order valence-electron chi connectivity index (χ1n) is 11.0. The lowest BCUT2D eigenvalue weighted by Crippen LogP contribution is -2.21. The van der Waals surface area contributed by atoms with Crippen LogP contribution >= 0.6 is 0 Å². The molecule has 0 fully saturated rings. The number of ketones is 2. The molecular weight excluding hydrogens is 470 g/mol. The molecule has 0 saturated heterocycles. The number of rotatable bonds is 7. The largest absolute Gasteiger partial charge is 0.454 e. The normalized spacial score (nSPS) is 14.7. The SMILES string of the molecule is COC[C@H](C)n1c(C)cc(C(=O)COC(=O)c2ccc3c(c2)S(=O)(=O)c2ccccc2C3=O)c1C. The van der Waals surface area contributed by atoms with E-state index in [1.54, 1.807) is 19.2 Å². The minimum absolute atomic E-state index is 0.00561. The Morgan fingerprint density at radius 2 is 1.69 bits per heavy atom. The number of esters is 1. The van der Waals surface area contributed by atoms with E-state index in [9.17, 15) is 22.8 Å². The molecule has 0 bridgehead atoms. The number of carbonyl (C=O) groups excluding carboxylic acids is 3. The van der Waals surface area contributed by atoms with Crippen LogP contribution in [0.25, 0.3) is 0 Å². The molecule has 35 heavy (non-hydrogen) atoms. The van der Waals surface area contributed by atoms with Crippen LogP contribution in [0.5, 0.6) is 0 Å². The van der Waals surface area contributed by atoms with E-state index in [2.05, 4.69) is 0 Å². The zero-order valence-electron chi connectivity index (χ0n) is 19.8. The summed E-state index contributed by atoms with van der Waals surface area (Å²) in [6.07, 6.45) is 0. The van der Waals surface area contributed by atoms with Crippen LogP contribution in [0.1, 0.15) is 61.0 Å². The molecule has 3 aromatic rings. The van der Waals surface area contributed by atoms with E-state index in [0.717, 1.165) is 17.5 Å². The van der Waals surface area contributed by atoms with Gasteiger partial charge in [-0.05, 0) is 57.2 Å². The van der Waals surface area contributed by atoms with Gasteiger partial charge in [-0.1, -0.05) is 12.1 Å². The molecule has 1 aliphatic rings. The summed E-state index contributed by atoms with van der Waals surface area (Å²) in [5.41, 5.74) is 2.09. The first-order valence-corrected chi connectivity index (χ1v) is 12.5. The van der Waals surface area contributed by atoms with E-state index in [0.29, 0.717) is 12.2 Å². The lowest BCUT2D eigenvalue weighted by Gasteiger charge is -2.19. The van der Waals surface area contributed by atoms with Crippen molar-refractivity contribution < 1.29 is 32.3 Å². The topological polar surface area (TPSA) is 109 Å². The Hall–Kier alpha value is -3.56. The van der Waals surface area contributed by atoms with Gasteiger partial charge in [-0.15, -0.1) is 0 Å². The molecule has 4 rings (SSSR count). The Morgan fingerprint density at radius 3 is 2.40 bits per heavy atom. The fraction of sp³-hybridized carbons (Fsp3) is 0.269. The fourth-order valence-corrected chi connectivity index (χ4v) is 6.23. The summed E-state index contributed by atoms with van der Waals surface area (Å²) in [6, 6.07) is 11.5. The number of benzene rings is 2. The molecule has 182 valence electrons. The quantitative estimate of drug-likeness (QED) is 0.284. The molecule has 1 atom stereocenters. The maximum Gasteiger partial charge on any atom is 0.338 e. The molecule has 0 unspecified atom stereocenters. The van der Waals surface area contributed by atoms with Crippen molar-refractivity contribution in [1.82, 2.24) is 4.57 Å². The Balaban J connectivity index is 1.55. The molecule has 0 saturated carbocycles. The van der Waals surface area contributed by atoms with Crippen LogP contribution < -0.4 is 0 Å². The molecule has 0 radical (unpaired) electrons. The minimum Gasteiger partial charge on any atom is -0.454 e. The van der Waals surface area contributed by atoms with Crippen molar-refractivity contribution in [3.05, 3.63) is 82.2 Å². The number of ether oxygens (including phenoxy) is 2. The number of nitrogens with zero attached hydrogens (tertiary/aromatic N) is 1. The number of methoxy groups -OCH3 is 1. The van der Waals surface area contributed by atoms with Gasteiger partial charge in [0.1, 0.15) is 0 Å². The number of aryl methyl sites for hydroxylation is 1. The fourth-order valence-electron chi connectivity index (χ4n) is 4.56. The summed E-state index contributed by atoms with van der Waals surface area (Å²) in [5, 5.41) is 0. The second-order valence-electron chi connectivity index (χ2n) is 8.50. The van der Waals surface area contributed by atoms with Crippen molar-refractivity contribution in [2.24, 2.45) is 0 Å². The maximum atomic E-state index is 13.1. The van der Waals surface area contributed by atoms with E-state index in [4.69, 9.17) is 9.47 Å². The van der Waals surface area contributed by atoms with E-state index in [1.165, 1.54) is 30.3 Å². The third kappa shape index (κ3) is 4.21. The summed E-state index contributed by atoms with van der Waals surface area (Å²) in [6.45, 7) is 5.65. The third-order valence-electron chi connectivity index (χ3n) is 6.14. The molecule has 0 N–H and O–H groups in total. The molecule has 0 aliphatic carbocycles. The number of sulfone groups is 1. The van der Waals surface area contributed by atoms with E-state index in [1.807, 2.05) is 25.3 Å². The van der Waals surface area contributed by atoms with E-state index >= 15 is 0 Å². The molecule has 1 aliphatic heterocycles. The van der Waals surface area contributed by atoms with Crippen LogP contribution in [0.15, 0.2) is 58.3 Å². The summed E-state index contributed by atoms with van der Waals surface area (Å²) in [4.78, 5) is 37.9. The van der Waals surface area contributed by atoms with Crippen molar-refractivity contribution in [3.8, 4) is 0 Å². The summed E-state index contributed by atoms with van der Waals surface area (Å²) in [7, 11) is -2.39. The Kier molecular flexibility index (Phi) is 6.48. The van der Waals surface area contributed by atoms with Gasteiger partial charge in [0.2, 0.25) is 15.6 Å². The molecule has 9 heteroatoms. The minimum atomic E-state index is -3.99. The second kappa shape index (κ2) is 9.24. The summed E-state index contributed by atoms with van der Waals surface area (Å²) >= 11 is 0. The van der Waals surface area contributed by atoms with Gasteiger partial charge < -0.3 is 14.0 Å².